The Labute approximate surface area is 189 Å². The number of rotatable bonds is 7. The Kier molecular flexibility index (Phi) is 6.96. The molecule has 0 spiro atoms. The van der Waals surface area contributed by atoms with Crippen LogP contribution in [0.25, 0.3) is 0 Å². The number of carbonyl (C=O) groups excluding carboxylic acids is 2. The molecule has 0 bridgehead atoms. The highest BCUT2D eigenvalue weighted by Crippen LogP contribution is 2.34. The molecule has 31 heavy (non-hydrogen) atoms. The first-order valence-corrected chi connectivity index (χ1v) is 11.2. The normalized spacial score (nSPS) is 15.6. The summed E-state index contributed by atoms with van der Waals surface area (Å²) in [4.78, 5) is 26.9. The Bertz CT molecular complexity index is 926. The summed E-state index contributed by atoms with van der Waals surface area (Å²) in [5, 5.41) is 2.95. The molecule has 2 aliphatic rings. The highest BCUT2D eigenvalue weighted by molar-refractivity contribution is 9.10. The molecule has 0 radical (unpaired) electrons. The highest BCUT2D eigenvalue weighted by Gasteiger charge is 2.27. The maximum atomic E-state index is 12.6. The SMILES string of the molecule is O=C(Nc1ccc2c(c1)OCO2)C1CCN(C(=O)CCCOc2ccc(Br)cc2)CC1. The Hall–Kier alpha value is -2.74. The number of likely N-dealkylation sites (tertiary alicyclic amines) is 1. The fraction of sp³-hybridized carbons (Fsp3) is 0.391. The average Bonchev–Trinajstić information content (AvgIpc) is 3.26. The molecule has 2 amide bonds. The number of ether oxygens (including phenoxy) is 3. The summed E-state index contributed by atoms with van der Waals surface area (Å²) >= 11 is 3.39. The Balaban J connectivity index is 1.16. The van der Waals surface area contributed by atoms with Gasteiger partial charge in [-0.1, -0.05) is 15.9 Å². The molecule has 164 valence electrons. The van der Waals surface area contributed by atoms with Gasteiger partial charge in [-0.2, -0.15) is 0 Å². The van der Waals surface area contributed by atoms with Gasteiger partial charge in [0.05, 0.1) is 6.61 Å². The van der Waals surface area contributed by atoms with E-state index in [0.717, 1.165) is 10.2 Å². The molecule has 2 aliphatic heterocycles. The molecule has 0 saturated carbocycles. The predicted molar refractivity (Wildman–Crippen MR) is 119 cm³/mol. The Morgan fingerprint density at radius 2 is 1.81 bits per heavy atom. The minimum Gasteiger partial charge on any atom is -0.494 e. The summed E-state index contributed by atoms with van der Waals surface area (Å²) in [5.74, 6) is 2.12. The number of piperidine rings is 1. The smallest absolute Gasteiger partial charge is 0.231 e. The lowest BCUT2D eigenvalue weighted by molar-refractivity contribution is -0.134. The summed E-state index contributed by atoms with van der Waals surface area (Å²) in [6.07, 6.45) is 2.44. The number of hydrogen-bond donors (Lipinski definition) is 1. The van der Waals surface area contributed by atoms with E-state index in [1.807, 2.05) is 29.2 Å². The van der Waals surface area contributed by atoms with Crippen molar-refractivity contribution in [2.75, 3.05) is 31.8 Å². The van der Waals surface area contributed by atoms with Crippen molar-refractivity contribution in [3.63, 3.8) is 0 Å². The van der Waals surface area contributed by atoms with Gasteiger partial charge >= 0.3 is 0 Å². The molecule has 4 rings (SSSR count). The van der Waals surface area contributed by atoms with E-state index in [0.29, 0.717) is 62.6 Å². The second kappa shape index (κ2) is 10.0. The molecule has 7 nitrogen and oxygen atoms in total. The largest absolute Gasteiger partial charge is 0.494 e. The topological polar surface area (TPSA) is 77.1 Å². The average molecular weight is 489 g/mol. The van der Waals surface area contributed by atoms with Gasteiger partial charge in [0.25, 0.3) is 0 Å². The van der Waals surface area contributed by atoms with Crippen LogP contribution in [0.1, 0.15) is 25.7 Å². The molecule has 0 atom stereocenters. The first-order chi connectivity index (χ1) is 15.1. The quantitative estimate of drug-likeness (QED) is 0.590. The first-order valence-electron chi connectivity index (χ1n) is 10.4. The lowest BCUT2D eigenvalue weighted by Gasteiger charge is -2.31. The third-order valence-electron chi connectivity index (χ3n) is 5.48. The lowest BCUT2D eigenvalue weighted by Crippen LogP contribution is -2.41. The number of halogens is 1. The summed E-state index contributed by atoms with van der Waals surface area (Å²) in [7, 11) is 0. The monoisotopic (exact) mass is 488 g/mol. The third kappa shape index (κ3) is 5.70. The van der Waals surface area contributed by atoms with Gasteiger partial charge < -0.3 is 24.4 Å². The van der Waals surface area contributed by atoms with Gasteiger partial charge in [0.1, 0.15) is 5.75 Å². The maximum absolute atomic E-state index is 12.6. The van der Waals surface area contributed by atoms with Gasteiger partial charge in [-0.05, 0) is 55.7 Å². The Morgan fingerprint density at radius 3 is 2.58 bits per heavy atom. The molecule has 2 heterocycles. The van der Waals surface area contributed by atoms with Crippen LogP contribution in [0.2, 0.25) is 0 Å². The van der Waals surface area contributed by atoms with Crippen LogP contribution < -0.4 is 19.5 Å². The molecular weight excluding hydrogens is 464 g/mol. The van der Waals surface area contributed by atoms with Gasteiger partial charge in [-0.3, -0.25) is 9.59 Å². The standard InChI is InChI=1S/C23H25BrN2O5/c24-17-3-6-19(7-4-17)29-13-1-2-22(27)26-11-9-16(10-12-26)23(28)25-18-5-8-20-21(14-18)31-15-30-20/h3-8,14,16H,1-2,9-13,15H2,(H,25,28). The number of nitrogens with one attached hydrogen (secondary N) is 1. The summed E-state index contributed by atoms with van der Waals surface area (Å²) in [5.41, 5.74) is 0.693. The van der Waals surface area contributed by atoms with Crippen molar-refractivity contribution in [1.82, 2.24) is 4.90 Å². The molecular formula is C23H25BrN2O5. The van der Waals surface area contributed by atoms with Crippen molar-refractivity contribution < 1.29 is 23.8 Å². The molecule has 0 aliphatic carbocycles. The van der Waals surface area contributed by atoms with Crippen LogP contribution in [-0.4, -0.2) is 43.2 Å². The van der Waals surface area contributed by atoms with Gasteiger partial charge in [0.2, 0.25) is 18.6 Å². The van der Waals surface area contributed by atoms with Crippen molar-refractivity contribution in [2.24, 2.45) is 5.92 Å². The summed E-state index contributed by atoms with van der Waals surface area (Å²) < 4.78 is 17.3. The molecule has 0 aromatic heterocycles. The lowest BCUT2D eigenvalue weighted by atomic mass is 9.95. The van der Waals surface area contributed by atoms with E-state index in [-0.39, 0.29) is 24.5 Å². The number of hydrogen-bond acceptors (Lipinski definition) is 5. The minimum absolute atomic E-state index is 0.0196. The second-order valence-electron chi connectivity index (χ2n) is 7.62. The van der Waals surface area contributed by atoms with Crippen molar-refractivity contribution in [3.05, 3.63) is 46.9 Å². The predicted octanol–water partition coefficient (Wildman–Crippen LogP) is 4.21. The second-order valence-corrected chi connectivity index (χ2v) is 8.53. The number of amides is 2. The van der Waals surface area contributed by atoms with Crippen LogP contribution in [0.4, 0.5) is 5.69 Å². The zero-order chi connectivity index (χ0) is 21.6. The summed E-state index contributed by atoms with van der Waals surface area (Å²) in [6.45, 7) is 1.91. The number of carbonyl (C=O) groups is 2. The molecule has 0 unspecified atom stereocenters. The molecule has 2 aromatic carbocycles. The minimum atomic E-state index is -0.102. The van der Waals surface area contributed by atoms with Crippen LogP contribution in [0, 0.1) is 5.92 Å². The van der Waals surface area contributed by atoms with Gasteiger partial charge in [-0.25, -0.2) is 0 Å². The van der Waals surface area contributed by atoms with Crippen molar-refractivity contribution >= 4 is 33.4 Å². The van der Waals surface area contributed by atoms with E-state index < -0.39 is 0 Å². The number of fused-ring (bicyclic) bond motifs is 1. The molecule has 1 saturated heterocycles. The van der Waals surface area contributed by atoms with Crippen LogP contribution in [0.3, 0.4) is 0 Å². The Morgan fingerprint density at radius 1 is 1.06 bits per heavy atom. The third-order valence-corrected chi connectivity index (χ3v) is 6.00. The number of nitrogens with zero attached hydrogens (tertiary/aromatic N) is 1. The zero-order valence-electron chi connectivity index (χ0n) is 17.1. The van der Waals surface area contributed by atoms with E-state index in [1.165, 1.54) is 0 Å². The van der Waals surface area contributed by atoms with Gasteiger partial charge in [0, 0.05) is 41.7 Å². The number of benzene rings is 2. The fourth-order valence-electron chi connectivity index (χ4n) is 3.71. The van der Waals surface area contributed by atoms with Gasteiger partial charge in [-0.15, -0.1) is 0 Å². The molecule has 1 fully saturated rings. The molecule has 1 N–H and O–H groups in total. The van der Waals surface area contributed by atoms with Crippen LogP contribution in [0.5, 0.6) is 17.2 Å². The van der Waals surface area contributed by atoms with Crippen LogP contribution in [-0.2, 0) is 9.59 Å². The number of anilines is 1. The van der Waals surface area contributed by atoms with E-state index >= 15 is 0 Å². The van der Waals surface area contributed by atoms with Crippen molar-refractivity contribution in [2.45, 2.75) is 25.7 Å². The molecule has 8 heteroatoms. The summed E-state index contributed by atoms with van der Waals surface area (Å²) in [6, 6.07) is 13.0. The van der Waals surface area contributed by atoms with Crippen LogP contribution >= 0.6 is 15.9 Å². The zero-order valence-corrected chi connectivity index (χ0v) is 18.7. The van der Waals surface area contributed by atoms with E-state index in [9.17, 15) is 9.59 Å². The van der Waals surface area contributed by atoms with E-state index in [4.69, 9.17) is 14.2 Å². The highest BCUT2D eigenvalue weighted by atomic mass is 79.9. The first kappa shape index (κ1) is 21.5. The van der Waals surface area contributed by atoms with Crippen LogP contribution in [0.15, 0.2) is 46.9 Å². The van der Waals surface area contributed by atoms with Crippen molar-refractivity contribution in [3.8, 4) is 17.2 Å². The van der Waals surface area contributed by atoms with E-state index in [2.05, 4.69) is 21.2 Å². The molecule has 2 aromatic rings. The van der Waals surface area contributed by atoms with Crippen molar-refractivity contribution in [1.29, 1.82) is 0 Å². The van der Waals surface area contributed by atoms with Gasteiger partial charge in [0.15, 0.2) is 11.5 Å². The maximum Gasteiger partial charge on any atom is 0.231 e. The fourth-order valence-corrected chi connectivity index (χ4v) is 3.98. The van der Waals surface area contributed by atoms with E-state index in [1.54, 1.807) is 18.2 Å².